The molecule has 6 heteroatoms. The van der Waals surface area contributed by atoms with Crippen molar-refractivity contribution in [3.63, 3.8) is 0 Å². The topological polar surface area (TPSA) is 83.6 Å². The first-order chi connectivity index (χ1) is 6.54. The second-order valence-corrected chi connectivity index (χ2v) is 2.80. The predicted molar refractivity (Wildman–Crippen MR) is 45.7 cm³/mol. The van der Waals surface area contributed by atoms with Crippen molar-refractivity contribution in [1.82, 2.24) is 9.88 Å². The average molecular weight is 198 g/mol. The lowest BCUT2D eigenvalue weighted by Crippen LogP contribution is -2.40. The van der Waals surface area contributed by atoms with Gasteiger partial charge >= 0.3 is 5.97 Å². The standard InChI is InChI=1S/C8H10N2O4/c1-5(8(12)13)10(2)7(11)6-3-9-4-14-6/h3-5H,1-2H3,(H,12,13). The molecule has 1 unspecified atom stereocenters. The van der Waals surface area contributed by atoms with Crippen LogP contribution in [0.15, 0.2) is 17.0 Å². The molecule has 0 aliphatic rings. The maximum atomic E-state index is 11.5. The quantitative estimate of drug-likeness (QED) is 0.751. The summed E-state index contributed by atoms with van der Waals surface area (Å²) >= 11 is 0. The summed E-state index contributed by atoms with van der Waals surface area (Å²) in [5, 5.41) is 8.66. The molecule has 0 radical (unpaired) electrons. The van der Waals surface area contributed by atoms with E-state index >= 15 is 0 Å². The molecule has 1 aromatic rings. The van der Waals surface area contributed by atoms with Gasteiger partial charge in [-0.15, -0.1) is 0 Å². The van der Waals surface area contributed by atoms with Gasteiger partial charge in [0.1, 0.15) is 6.04 Å². The van der Waals surface area contributed by atoms with E-state index in [9.17, 15) is 9.59 Å². The minimum absolute atomic E-state index is 0.0283. The van der Waals surface area contributed by atoms with Gasteiger partial charge in [-0.2, -0.15) is 0 Å². The molecule has 1 atom stereocenters. The molecule has 0 aliphatic carbocycles. The Labute approximate surface area is 80.1 Å². The van der Waals surface area contributed by atoms with E-state index in [2.05, 4.69) is 4.98 Å². The van der Waals surface area contributed by atoms with Crippen LogP contribution in [0.5, 0.6) is 0 Å². The van der Waals surface area contributed by atoms with Crippen LogP contribution in [0.25, 0.3) is 0 Å². The number of aliphatic carboxylic acids is 1. The van der Waals surface area contributed by atoms with Crippen LogP contribution >= 0.6 is 0 Å². The number of hydrogen-bond acceptors (Lipinski definition) is 4. The van der Waals surface area contributed by atoms with E-state index in [4.69, 9.17) is 9.52 Å². The Morgan fingerprint density at radius 3 is 2.71 bits per heavy atom. The summed E-state index contributed by atoms with van der Waals surface area (Å²) in [6.07, 6.45) is 2.36. The molecule has 0 aromatic carbocycles. The number of likely N-dealkylation sites (N-methyl/N-ethyl adjacent to an activating group) is 1. The van der Waals surface area contributed by atoms with Crippen molar-refractivity contribution >= 4 is 11.9 Å². The summed E-state index contributed by atoms with van der Waals surface area (Å²) in [7, 11) is 1.39. The number of hydrogen-bond donors (Lipinski definition) is 1. The summed E-state index contributed by atoms with van der Waals surface area (Å²) in [5.74, 6) is -1.54. The van der Waals surface area contributed by atoms with Gasteiger partial charge in [0.2, 0.25) is 5.76 Å². The molecule has 6 nitrogen and oxygen atoms in total. The highest BCUT2D eigenvalue weighted by molar-refractivity contribution is 5.93. The molecule has 0 spiro atoms. The van der Waals surface area contributed by atoms with Gasteiger partial charge in [0.25, 0.3) is 5.91 Å². The van der Waals surface area contributed by atoms with E-state index < -0.39 is 17.9 Å². The van der Waals surface area contributed by atoms with E-state index in [1.54, 1.807) is 0 Å². The molecule has 1 N–H and O–H groups in total. The zero-order valence-electron chi connectivity index (χ0n) is 7.80. The second-order valence-electron chi connectivity index (χ2n) is 2.80. The van der Waals surface area contributed by atoms with Gasteiger partial charge in [-0.05, 0) is 6.92 Å². The number of nitrogens with zero attached hydrogens (tertiary/aromatic N) is 2. The Bertz CT molecular complexity index is 333. The van der Waals surface area contributed by atoms with Gasteiger partial charge in [-0.1, -0.05) is 0 Å². The summed E-state index contributed by atoms with van der Waals surface area (Å²) in [6.45, 7) is 1.41. The van der Waals surface area contributed by atoms with Crippen LogP contribution in [0.2, 0.25) is 0 Å². The number of carbonyl (C=O) groups excluding carboxylic acids is 1. The van der Waals surface area contributed by atoms with Gasteiger partial charge < -0.3 is 14.4 Å². The molecule has 0 saturated carbocycles. The second kappa shape index (κ2) is 3.91. The Morgan fingerprint density at radius 2 is 2.29 bits per heavy atom. The predicted octanol–water partition coefficient (Wildman–Crippen LogP) is 0.220. The Morgan fingerprint density at radius 1 is 1.64 bits per heavy atom. The molecule has 1 aromatic heterocycles. The normalized spacial score (nSPS) is 12.1. The SMILES string of the molecule is CC(C(=O)O)N(C)C(=O)c1cnco1. The largest absolute Gasteiger partial charge is 0.480 e. The monoisotopic (exact) mass is 198 g/mol. The summed E-state index contributed by atoms with van der Waals surface area (Å²) in [4.78, 5) is 26.7. The highest BCUT2D eigenvalue weighted by Gasteiger charge is 2.24. The smallest absolute Gasteiger partial charge is 0.326 e. The van der Waals surface area contributed by atoms with Crippen molar-refractivity contribution in [3.05, 3.63) is 18.4 Å². The van der Waals surface area contributed by atoms with Gasteiger partial charge in [-0.3, -0.25) is 4.79 Å². The van der Waals surface area contributed by atoms with E-state index in [0.29, 0.717) is 0 Å². The lowest BCUT2D eigenvalue weighted by atomic mass is 10.3. The number of carboxylic acid groups (broad SMARTS) is 1. The number of carboxylic acids is 1. The average Bonchev–Trinajstić information content (AvgIpc) is 2.67. The van der Waals surface area contributed by atoms with Gasteiger partial charge in [0, 0.05) is 7.05 Å². The van der Waals surface area contributed by atoms with Crippen LogP contribution in [0.4, 0.5) is 0 Å². The number of oxazole rings is 1. The third-order valence-corrected chi connectivity index (χ3v) is 1.90. The molecule has 0 bridgehead atoms. The minimum atomic E-state index is -1.07. The van der Waals surface area contributed by atoms with Gasteiger partial charge in [0.05, 0.1) is 6.20 Å². The van der Waals surface area contributed by atoms with Crippen LogP contribution in [0.1, 0.15) is 17.5 Å². The van der Waals surface area contributed by atoms with E-state index in [1.165, 1.54) is 20.2 Å². The van der Waals surface area contributed by atoms with Crippen molar-refractivity contribution in [3.8, 4) is 0 Å². The van der Waals surface area contributed by atoms with Gasteiger partial charge in [-0.25, -0.2) is 9.78 Å². The summed E-state index contributed by atoms with van der Waals surface area (Å²) in [5.41, 5.74) is 0. The molecule has 0 saturated heterocycles. The molecular formula is C8H10N2O4. The zero-order valence-corrected chi connectivity index (χ0v) is 7.80. The lowest BCUT2D eigenvalue weighted by Gasteiger charge is -2.19. The fourth-order valence-corrected chi connectivity index (χ4v) is 0.837. The molecule has 1 heterocycles. The molecule has 1 amide bonds. The Kier molecular flexibility index (Phi) is 2.85. The maximum absolute atomic E-state index is 11.5. The van der Waals surface area contributed by atoms with Crippen LogP contribution in [-0.2, 0) is 4.79 Å². The van der Waals surface area contributed by atoms with Crippen LogP contribution in [-0.4, -0.2) is 40.0 Å². The highest BCUT2D eigenvalue weighted by atomic mass is 16.4. The summed E-state index contributed by atoms with van der Waals surface area (Å²) in [6, 6.07) is -0.896. The third kappa shape index (κ3) is 1.90. The molecule has 76 valence electrons. The third-order valence-electron chi connectivity index (χ3n) is 1.90. The van der Waals surface area contributed by atoms with Crippen LogP contribution < -0.4 is 0 Å². The molecular weight excluding hydrogens is 188 g/mol. The first-order valence-electron chi connectivity index (χ1n) is 3.92. The molecule has 0 aliphatic heterocycles. The minimum Gasteiger partial charge on any atom is -0.480 e. The zero-order chi connectivity index (χ0) is 10.7. The number of aromatic nitrogens is 1. The van der Waals surface area contributed by atoms with Crippen LogP contribution in [0.3, 0.4) is 0 Å². The number of carbonyl (C=O) groups is 2. The number of amides is 1. The fraction of sp³-hybridized carbons (Fsp3) is 0.375. The Hall–Kier alpha value is -1.85. The maximum Gasteiger partial charge on any atom is 0.326 e. The summed E-state index contributed by atoms with van der Waals surface area (Å²) < 4.78 is 4.75. The number of rotatable bonds is 3. The van der Waals surface area contributed by atoms with Crippen molar-refractivity contribution in [2.45, 2.75) is 13.0 Å². The van der Waals surface area contributed by atoms with E-state index in [-0.39, 0.29) is 5.76 Å². The molecule has 1 rings (SSSR count). The van der Waals surface area contributed by atoms with Crippen LogP contribution in [0, 0.1) is 0 Å². The van der Waals surface area contributed by atoms with Gasteiger partial charge in [0.15, 0.2) is 6.39 Å². The van der Waals surface area contributed by atoms with Crippen molar-refractivity contribution in [2.24, 2.45) is 0 Å². The first-order valence-corrected chi connectivity index (χ1v) is 3.92. The molecule has 0 fully saturated rings. The van der Waals surface area contributed by atoms with E-state index in [0.717, 1.165) is 11.3 Å². The Balaban J connectivity index is 2.76. The lowest BCUT2D eigenvalue weighted by molar-refractivity contribution is -0.141. The van der Waals surface area contributed by atoms with Crippen molar-refractivity contribution in [1.29, 1.82) is 0 Å². The van der Waals surface area contributed by atoms with Crippen molar-refractivity contribution in [2.75, 3.05) is 7.05 Å². The fourth-order valence-electron chi connectivity index (χ4n) is 0.837. The highest BCUT2D eigenvalue weighted by Crippen LogP contribution is 2.05. The van der Waals surface area contributed by atoms with E-state index in [1.807, 2.05) is 0 Å². The first kappa shape index (κ1) is 10.2. The molecule has 14 heavy (non-hydrogen) atoms. The van der Waals surface area contributed by atoms with Crippen molar-refractivity contribution < 1.29 is 19.1 Å².